The van der Waals surface area contributed by atoms with Gasteiger partial charge in [0.15, 0.2) is 0 Å². The predicted octanol–water partition coefficient (Wildman–Crippen LogP) is 5.50. The summed E-state index contributed by atoms with van der Waals surface area (Å²) in [5, 5.41) is 27.7. The second-order valence-electron chi connectivity index (χ2n) is 7.88. The van der Waals surface area contributed by atoms with Gasteiger partial charge < -0.3 is 15.2 Å². The molecule has 1 aromatic heterocycles. The molecule has 1 heterocycles. The molecule has 0 saturated carbocycles. The fourth-order valence-electron chi connectivity index (χ4n) is 3.44. The van der Waals surface area contributed by atoms with Crippen LogP contribution >= 0.6 is 15.9 Å². The molecule has 0 amide bonds. The van der Waals surface area contributed by atoms with Gasteiger partial charge in [0.2, 0.25) is 5.88 Å². The Morgan fingerprint density at radius 1 is 1.32 bits per heavy atom. The fraction of sp³-hybridized carbons (Fsp3) is 0.304. The van der Waals surface area contributed by atoms with E-state index in [1.807, 2.05) is 6.92 Å². The zero-order chi connectivity index (χ0) is 24.8. The molecule has 1 unspecified atom stereocenters. The van der Waals surface area contributed by atoms with Crippen LogP contribution in [0.4, 0.5) is 15.8 Å². The molecule has 0 bridgehead atoms. The number of hydrogen-bond acceptors (Lipinski definition) is 6. The largest absolute Gasteiger partial charge is 0.478 e. The van der Waals surface area contributed by atoms with Gasteiger partial charge in [0.25, 0.3) is 5.69 Å². The molecule has 3 aromatic rings. The lowest BCUT2D eigenvalue weighted by atomic mass is 10.0. The van der Waals surface area contributed by atoms with E-state index in [0.29, 0.717) is 36.7 Å². The molecule has 0 aliphatic rings. The summed E-state index contributed by atoms with van der Waals surface area (Å²) in [7, 11) is 1.66. The predicted molar refractivity (Wildman–Crippen MR) is 129 cm³/mol. The van der Waals surface area contributed by atoms with Gasteiger partial charge in [-0.3, -0.25) is 10.1 Å². The van der Waals surface area contributed by atoms with E-state index in [-0.39, 0.29) is 22.7 Å². The molecule has 1 atom stereocenters. The Morgan fingerprint density at radius 2 is 2.09 bits per heavy atom. The smallest absolute Gasteiger partial charge is 0.335 e. The third-order valence-electron chi connectivity index (χ3n) is 5.26. The van der Waals surface area contributed by atoms with Crippen molar-refractivity contribution >= 4 is 33.3 Å². The van der Waals surface area contributed by atoms with Gasteiger partial charge in [-0.25, -0.2) is 13.9 Å². The van der Waals surface area contributed by atoms with Gasteiger partial charge in [-0.2, -0.15) is 5.10 Å². The molecular weight excluding hydrogens is 511 g/mol. The number of benzene rings is 2. The van der Waals surface area contributed by atoms with E-state index in [1.54, 1.807) is 19.2 Å². The number of carboxylic acids is 1. The molecule has 0 spiro atoms. The zero-order valence-electron chi connectivity index (χ0n) is 18.6. The van der Waals surface area contributed by atoms with Crippen molar-refractivity contribution in [2.75, 3.05) is 18.5 Å². The summed E-state index contributed by atoms with van der Waals surface area (Å²) in [5.74, 6) is -1.16. The van der Waals surface area contributed by atoms with Crippen LogP contribution in [0.15, 0.2) is 47.1 Å². The molecule has 3 rings (SSSR count). The number of aromatic carboxylic acids is 1. The average Bonchev–Trinajstić information content (AvgIpc) is 3.15. The summed E-state index contributed by atoms with van der Waals surface area (Å²) >= 11 is 3.33. The highest BCUT2D eigenvalue weighted by Gasteiger charge is 2.18. The Kier molecular flexibility index (Phi) is 8.21. The Balaban J connectivity index is 1.57. The minimum atomic E-state index is -1.15. The van der Waals surface area contributed by atoms with Crippen molar-refractivity contribution in [2.45, 2.75) is 19.8 Å². The number of anilines is 1. The lowest BCUT2D eigenvalue weighted by Gasteiger charge is -2.15. The number of rotatable bonds is 11. The monoisotopic (exact) mass is 534 g/mol. The minimum Gasteiger partial charge on any atom is -0.478 e. The summed E-state index contributed by atoms with van der Waals surface area (Å²) in [6.07, 6.45) is 2.91. The third-order valence-corrected chi connectivity index (χ3v) is 5.76. The van der Waals surface area contributed by atoms with Crippen molar-refractivity contribution < 1.29 is 24.0 Å². The van der Waals surface area contributed by atoms with Crippen LogP contribution in [-0.4, -0.2) is 38.9 Å². The maximum atomic E-state index is 14.4. The number of nitrogens with one attached hydrogen (secondary N) is 1. The molecule has 0 aliphatic carbocycles. The molecule has 11 heteroatoms. The van der Waals surface area contributed by atoms with E-state index in [0.717, 1.165) is 17.0 Å². The first-order valence-electron chi connectivity index (χ1n) is 10.5. The SMILES string of the molecule is CC(CCCOc1c(-c2cc(C(=O)O)ccc2F)cnn1C)CNc1cc(Br)ccc1[N+](=O)[O-]. The number of nitrogens with zero attached hydrogens (tertiary/aromatic N) is 3. The molecule has 2 N–H and O–H groups in total. The molecule has 2 aromatic carbocycles. The van der Waals surface area contributed by atoms with Crippen LogP contribution in [0, 0.1) is 21.8 Å². The van der Waals surface area contributed by atoms with E-state index < -0.39 is 16.7 Å². The molecule has 9 nitrogen and oxygen atoms in total. The minimum absolute atomic E-state index is 0.0154. The van der Waals surface area contributed by atoms with Gasteiger partial charge >= 0.3 is 5.97 Å². The number of aromatic nitrogens is 2. The number of carboxylic acid groups (broad SMARTS) is 1. The van der Waals surface area contributed by atoms with Crippen LogP contribution in [0.2, 0.25) is 0 Å². The number of hydrogen-bond donors (Lipinski definition) is 2. The van der Waals surface area contributed by atoms with E-state index in [4.69, 9.17) is 4.74 Å². The number of carbonyl (C=O) groups is 1. The highest BCUT2D eigenvalue weighted by Crippen LogP contribution is 2.32. The third kappa shape index (κ3) is 6.10. The van der Waals surface area contributed by atoms with Crippen LogP contribution in [0.5, 0.6) is 5.88 Å². The number of nitro groups is 1. The summed E-state index contributed by atoms with van der Waals surface area (Å²) in [5.41, 5.74) is 0.920. The highest BCUT2D eigenvalue weighted by atomic mass is 79.9. The van der Waals surface area contributed by atoms with Gasteiger partial charge in [-0.15, -0.1) is 0 Å². The van der Waals surface area contributed by atoms with Gasteiger partial charge in [-0.05, 0) is 49.1 Å². The number of nitro benzene ring substituents is 1. The molecule has 180 valence electrons. The van der Waals surface area contributed by atoms with Crippen LogP contribution in [0.1, 0.15) is 30.1 Å². The Morgan fingerprint density at radius 3 is 2.79 bits per heavy atom. The van der Waals surface area contributed by atoms with Crippen molar-refractivity contribution in [3.05, 3.63) is 68.6 Å². The first-order valence-corrected chi connectivity index (χ1v) is 11.3. The maximum absolute atomic E-state index is 14.4. The zero-order valence-corrected chi connectivity index (χ0v) is 20.2. The fourth-order valence-corrected chi connectivity index (χ4v) is 3.80. The number of halogens is 2. The van der Waals surface area contributed by atoms with Gasteiger partial charge in [0.1, 0.15) is 11.5 Å². The number of aryl methyl sites for hydroxylation is 1. The van der Waals surface area contributed by atoms with Crippen molar-refractivity contribution in [1.82, 2.24) is 9.78 Å². The molecular formula is C23H24BrFN4O5. The van der Waals surface area contributed by atoms with Gasteiger partial charge in [0.05, 0.1) is 28.9 Å². The first kappa shape index (κ1) is 25.2. The summed E-state index contributed by atoms with van der Waals surface area (Å²) in [6.45, 7) is 2.91. The van der Waals surface area contributed by atoms with Crippen molar-refractivity contribution in [1.29, 1.82) is 0 Å². The summed E-state index contributed by atoms with van der Waals surface area (Å²) < 4.78 is 22.5. The van der Waals surface area contributed by atoms with Crippen LogP contribution in [0.3, 0.4) is 0 Å². The Bertz CT molecular complexity index is 1200. The maximum Gasteiger partial charge on any atom is 0.335 e. The Hall–Kier alpha value is -3.47. The molecule has 0 radical (unpaired) electrons. The topological polar surface area (TPSA) is 120 Å². The number of ether oxygens (including phenoxy) is 1. The molecule has 34 heavy (non-hydrogen) atoms. The lowest BCUT2D eigenvalue weighted by molar-refractivity contribution is -0.384. The lowest BCUT2D eigenvalue weighted by Crippen LogP contribution is -2.14. The molecule has 0 saturated heterocycles. The van der Waals surface area contributed by atoms with E-state index >= 15 is 0 Å². The molecule has 0 fully saturated rings. The summed E-state index contributed by atoms with van der Waals surface area (Å²) in [4.78, 5) is 22.0. The van der Waals surface area contributed by atoms with E-state index in [1.165, 1.54) is 29.1 Å². The normalized spacial score (nSPS) is 11.8. The van der Waals surface area contributed by atoms with Crippen LogP contribution in [-0.2, 0) is 7.05 Å². The van der Waals surface area contributed by atoms with Gasteiger partial charge in [0, 0.05) is 29.7 Å². The molecule has 0 aliphatic heterocycles. The second-order valence-corrected chi connectivity index (χ2v) is 8.80. The quantitative estimate of drug-likeness (QED) is 0.189. The first-order chi connectivity index (χ1) is 16.2. The van der Waals surface area contributed by atoms with Crippen molar-refractivity contribution in [3.63, 3.8) is 0 Å². The van der Waals surface area contributed by atoms with Crippen molar-refractivity contribution in [2.24, 2.45) is 13.0 Å². The standard InChI is InChI=1S/C23H24BrFN4O5/c1-14(12-26-20-11-16(24)6-8-21(20)29(32)33)4-3-9-34-22-18(13-27-28(22)2)17-10-15(23(30)31)5-7-19(17)25/h5-8,10-11,13-14,26H,3-4,9,12H2,1-2H3,(H,30,31). The van der Waals surface area contributed by atoms with Crippen LogP contribution in [0.25, 0.3) is 11.1 Å². The van der Waals surface area contributed by atoms with Crippen molar-refractivity contribution in [3.8, 4) is 17.0 Å². The average molecular weight is 535 g/mol. The Labute approximate surface area is 203 Å². The van der Waals surface area contributed by atoms with E-state index in [9.17, 15) is 24.4 Å². The highest BCUT2D eigenvalue weighted by molar-refractivity contribution is 9.10. The summed E-state index contributed by atoms with van der Waals surface area (Å²) in [6, 6.07) is 8.33. The van der Waals surface area contributed by atoms with Crippen LogP contribution < -0.4 is 10.1 Å². The second kappa shape index (κ2) is 11.1. The van der Waals surface area contributed by atoms with Gasteiger partial charge in [-0.1, -0.05) is 22.9 Å². The van der Waals surface area contributed by atoms with E-state index in [2.05, 4.69) is 26.3 Å².